The summed E-state index contributed by atoms with van der Waals surface area (Å²) in [7, 11) is 0. The average Bonchev–Trinajstić information content (AvgIpc) is 3.09. The molecule has 1 heterocycles. The van der Waals surface area contributed by atoms with Crippen molar-refractivity contribution in [3.63, 3.8) is 0 Å². The Morgan fingerprint density at radius 2 is 1.39 bits per heavy atom. The van der Waals surface area contributed by atoms with Crippen molar-refractivity contribution in [1.29, 1.82) is 0 Å². The molecule has 0 aliphatic carbocycles. The number of rotatable bonds is 22. The topological polar surface area (TPSA) is 61.4 Å². The second-order valence-corrected chi connectivity index (χ2v) is 16.5. The summed E-state index contributed by atoms with van der Waals surface area (Å²) in [6, 6.07) is 10.5. The lowest BCUT2D eigenvalue weighted by Gasteiger charge is -2.38. The van der Waals surface area contributed by atoms with Crippen LogP contribution in [-0.2, 0) is 9.59 Å². The van der Waals surface area contributed by atoms with Gasteiger partial charge in [0.15, 0.2) is 6.54 Å². The monoisotopic (exact) mass is 704 g/mol. The number of carbonyl (C=O) groups excluding carboxylic acids is 2. The summed E-state index contributed by atoms with van der Waals surface area (Å²) in [6.45, 7) is 25.5. The van der Waals surface area contributed by atoms with Gasteiger partial charge in [-0.05, 0) is 134 Å². The van der Waals surface area contributed by atoms with Crippen molar-refractivity contribution in [3.8, 4) is 0 Å². The molecule has 286 valence electrons. The van der Waals surface area contributed by atoms with Gasteiger partial charge in [-0.15, -0.1) is 0 Å². The minimum absolute atomic E-state index is 0.0489. The van der Waals surface area contributed by atoms with Gasteiger partial charge in [-0.2, -0.15) is 0 Å². The number of quaternary nitrogens is 1. The number of amides is 2. The molecule has 2 aromatic rings. The van der Waals surface area contributed by atoms with Crippen molar-refractivity contribution in [2.24, 2.45) is 11.8 Å². The Labute approximate surface area is 313 Å². The highest BCUT2D eigenvalue weighted by Crippen LogP contribution is 2.27. The van der Waals surface area contributed by atoms with Crippen LogP contribution in [0, 0.1) is 46.5 Å². The van der Waals surface area contributed by atoms with Crippen LogP contribution in [0.25, 0.3) is 0 Å². The average molecular weight is 704 g/mol. The van der Waals surface area contributed by atoms with E-state index in [1.54, 1.807) is 0 Å². The van der Waals surface area contributed by atoms with Gasteiger partial charge in [-0.3, -0.25) is 14.5 Å². The molecular weight excluding hydrogens is 629 g/mol. The lowest BCUT2D eigenvalue weighted by atomic mass is 9.91. The minimum Gasteiger partial charge on any atom is -0.324 e. The van der Waals surface area contributed by atoms with Crippen LogP contribution < -0.4 is 10.6 Å². The fraction of sp³-hybridized carbons (Fsp3) is 0.689. The molecular formula is C45H75N4O2+. The van der Waals surface area contributed by atoms with Gasteiger partial charge in [0.2, 0.25) is 5.91 Å². The van der Waals surface area contributed by atoms with Gasteiger partial charge in [-0.25, -0.2) is 0 Å². The lowest BCUT2D eigenvalue weighted by molar-refractivity contribution is -0.919. The number of likely N-dealkylation sites (N-methyl/N-ethyl adjacent to an activating group) is 1. The molecule has 2 N–H and O–H groups in total. The normalized spacial score (nSPS) is 17.5. The minimum atomic E-state index is -0.0489. The van der Waals surface area contributed by atoms with Crippen molar-refractivity contribution in [3.05, 3.63) is 58.1 Å². The van der Waals surface area contributed by atoms with Crippen molar-refractivity contribution in [1.82, 2.24) is 4.90 Å². The van der Waals surface area contributed by atoms with E-state index in [0.717, 1.165) is 96.5 Å². The number of nitrogens with one attached hydrogen (secondary N) is 2. The summed E-state index contributed by atoms with van der Waals surface area (Å²) in [6.07, 6.45) is 15.7. The van der Waals surface area contributed by atoms with E-state index in [9.17, 15) is 9.59 Å². The second kappa shape index (κ2) is 21.7. The smallest absolute Gasteiger partial charge is 0.279 e. The van der Waals surface area contributed by atoms with E-state index in [1.807, 2.05) is 0 Å². The first-order chi connectivity index (χ1) is 24.4. The molecule has 0 bridgehead atoms. The van der Waals surface area contributed by atoms with Crippen LogP contribution in [0.5, 0.6) is 0 Å². The quantitative estimate of drug-likeness (QED) is 0.0948. The predicted octanol–water partition coefficient (Wildman–Crippen LogP) is 10.7. The van der Waals surface area contributed by atoms with Crippen LogP contribution >= 0.6 is 0 Å². The number of benzene rings is 2. The third kappa shape index (κ3) is 14.0. The summed E-state index contributed by atoms with van der Waals surface area (Å²) in [5.74, 6) is 1.48. The molecule has 4 unspecified atom stereocenters. The Morgan fingerprint density at radius 3 is 2.04 bits per heavy atom. The van der Waals surface area contributed by atoms with Crippen LogP contribution in [0.2, 0.25) is 0 Å². The molecule has 1 aliphatic rings. The molecule has 51 heavy (non-hydrogen) atoms. The first-order valence-corrected chi connectivity index (χ1v) is 20.7. The second-order valence-electron chi connectivity index (χ2n) is 16.5. The van der Waals surface area contributed by atoms with Crippen LogP contribution in [0.15, 0.2) is 30.3 Å². The SMILES string of the molecule is CCCCCCCCC[N+](CC)(CCC(C)CC(C)CCN1CCCCC1C(=O)Nc1c(C)cc(C)cc1C)CC(=O)Nc1c(C)cccc1C. The highest BCUT2D eigenvalue weighted by atomic mass is 16.2. The number of piperidine rings is 1. The molecule has 0 saturated carbocycles. The van der Waals surface area contributed by atoms with Gasteiger partial charge in [0.05, 0.1) is 25.7 Å². The Morgan fingerprint density at radius 1 is 0.784 bits per heavy atom. The Hall–Kier alpha value is -2.70. The molecule has 6 nitrogen and oxygen atoms in total. The number of hydrogen-bond donors (Lipinski definition) is 2. The van der Waals surface area contributed by atoms with Gasteiger partial charge >= 0.3 is 0 Å². The molecule has 0 spiro atoms. The lowest BCUT2D eigenvalue weighted by Crippen LogP contribution is -2.53. The molecule has 4 atom stereocenters. The zero-order chi connectivity index (χ0) is 37.4. The number of nitrogens with zero attached hydrogens (tertiary/aromatic N) is 2. The van der Waals surface area contributed by atoms with E-state index in [4.69, 9.17) is 0 Å². The first kappa shape index (κ1) is 42.7. The van der Waals surface area contributed by atoms with Crippen LogP contribution in [0.4, 0.5) is 11.4 Å². The first-order valence-electron chi connectivity index (χ1n) is 20.7. The van der Waals surface area contributed by atoms with Crippen LogP contribution in [0.3, 0.4) is 0 Å². The standard InChI is InChI=1S/C45H74N4O2/c1-10-12-13-14-15-16-19-28-49(11-2,33-42(50)46-43-37(6)21-20-22-38(43)7)29-25-35(4)30-34(3)24-27-48-26-18-17-23-41(48)45(51)47-44-39(8)31-36(5)32-40(44)9/h20-22,31-32,34-35,41H,10-19,23-30,33H2,1-9H3,(H-,46,47,50,51)/p+1. The zero-order valence-electron chi connectivity index (χ0n) is 34.3. The maximum absolute atomic E-state index is 13.6. The molecule has 2 aromatic carbocycles. The zero-order valence-corrected chi connectivity index (χ0v) is 34.3. The van der Waals surface area contributed by atoms with Crippen LogP contribution in [-0.4, -0.2) is 66.5 Å². The van der Waals surface area contributed by atoms with Gasteiger partial charge in [0.1, 0.15) is 0 Å². The van der Waals surface area contributed by atoms with E-state index in [0.29, 0.717) is 18.4 Å². The molecule has 2 amide bonds. The number of hydrogen-bond acceptors (Lipinski definition) is 3. The summed E-state index contributed by atoms with van der Waals surface area (Å²) >= 11 is 0. The maximum atomic E-state index is 13.6. The van der Waals surface area contributed by atoms with Crippen molar-refractivity contribution in [2.45, 2.75) is 152 Å². The molecule has 1 fully saturated rings. The summed E-state index contributed by atoms with van der Waals surface area (Å²) < 4.78 is 0.870. The van der Waals surface area contributed by atoms with Crippen molar-refractivity contribution < 1.29 is 14.1 Å². The van der Waals surface area contributed by atoms with Crippen molar-refractivity contribution >= 4 is 23.2 Å². The fourth-order valence-electron chi connectivity index (χ4n) is 8.54. The summed E-state index contributed by atoms with van der Waals surface area (Å²) in [4.78, 5) is 29.7. The highest BCUT2D eigenvalue weighted by Gasteiger charge is 2.31. The highest BCUT2D eigenvalue weighted by molar-refractivity contribution is 5.96. The summed E-state index contributed by atoms with van der Waals surface area (Å²) in [5.41, 5.74) is 7.72. The number of aryl methyl sites for hydroxylation is 5. The fourth-order valence-corrected chi connectivity index (χ4v) is 8.54. The third-order valence-corrected chi connectivity index (χ3v) is 11.8. The van der Waals surface area contributed by atoms with Gasteiger partial charge in [0, 0.05) is 11.4 Å². The van der Waals surface area contributed by atoms with E-state index in [2.05, 4.69) is 108 Å². The van der Waals surface area contributed by atoms with E-state index in [-0.39, 0.29) is 17.9 Å². The molecule has 1 aliphatic heterocycles. The predicted molar refractivity (Wildman–Crippen MR) is 219 cm³/mol. The number of carbonyl (C=O) groups is 2. The Balaban J connectivity index is 1.56. The molecule has 3 rings (SSSR count). The van der Waals surface area contributed by atoms with Gasteiger partial charge in [-0.1, -0.05) is 95.2 Å². The Kier molecular flexibility index (Phi) is 18.2. The van der Waals surface area contributed by atoms with Crippen LogP contribution in [0.1, 0.15) is 139 Å². The summed E-state index contributed by atoms with van der Waals surface area (Å²) in [5, 5.41) is 6.62. The molecule has 0 radical (unpaired) electrons. The van der Waals surface area contributed by atoms with Gasteiger partial charge < -0.3 is 15.1 Å². The third-order valence-electron chi connectivity index (χ3n) is 11.8. The largest absolute Gasteiger partial charge is 0.324 e. The number of unbranched alkanes of at least 4 members (excludes halogenated alkanes) is 6. The Bertz CT molecular complexity index is 1330. The number of para-hydroxylation sites is 1. The molecule has 0 aromatic heterocycles. The van der Waals surface area contributed by atoms with E-state index in [1.165, 1.54) is 63.4 Å². The number of anilines is 2. The number of likely N-dealkylation sites (tertiary alicyclic amines) is 1. The van der Waals surface area contributed by atoms with E-state index >= 15 is 0 Å². The van der Waals surface area contributed by atoms with E-state index < -0.39 is 0 Å². The van der Waals surface area contributed by atoms with Gasteiger partial charge in [0.25, 0.3) is 5.91 Å². The van der Waals surface area contributed by atoms with Crippen molar-refractivity contribution in [2.75, 3.05) is 49.9 Å². The maximum Gasteiger partial charge on any atom is 0.279 e. The molecule has 1 saturated heterocycles. The molecule has 6 heteroatoms.